The maximum Gasteiger partial charge on any atom is 0.00734 e. The average Bonchev–Trinajstić information content (AvgIpc) is 2.92. The lowest BCUT2D eigenvalue weighted by Gasteiger charge is -2.08. The third-order valence-corrected chi connectivity index (χ3v) is 4.45. The minimum atomic E-state index is 0.576. The van der Waals surface area contributed by atoms with E-state index < -0.39 is 0 Å². The maximum absolute atomic E-state index is 2.47. The van der Waals surface area contributed by atoms with Crippen LogP contribution in [0, 0.1) is 0 Å². The van der Waals surface area contributed by atoms with Crippen molar-refractivity contribution in [1.82, 2.24) is 0 Å². The molecule has 2 aromatic carbocycles. The van der Waals surface area contributed by atoms with E-state index in [1.165, 1.54) is 36.0 Å². The van der Waals surface area contributed by atoms with Crippen molar-refractivity contribution >= 4 is 0 Å². The van der Waals surface area contributed by atoms with Crippen molar-refractivity contribution < 1.29 is 0 Å². The van der Waals surface area contributed by atoms with Crippen LogP contribution in [0.15, 0.2) is 36.4 Å². The third-order valence-electron chi connectivity index (χ3n) is 4.45. The molecule has 2 aliphatic carbocycles. The molecule has 0 amide bonds. The van der Waals surface area contributed by atoms with E-state index in [1.54, 1.807) is 16.7 Å². The molecule has 0 N–H and O–H groups in total. The second-order valence-corrected chi connectivity index (χ2v) is 5.37. The zero-order valence-electron chi connectivity index (χ0n) is 10.2. The fourth-order valence-corrected chi connectivity index (χ4v) is 3.52. The quantitative estimate of drug-likeness (QED) is 0.620. The molecular formula is C17H16. The van der Waals surface area contributed by atoms with Crippen LogP contribution in [0.5, 0.6) is 0 Å². The summed E-state index contributed by atoms with van der Waals surface area (Å²) >= 11 is 0. The molecular weight excluding hydrogens is 204 g/mol. The molecule has 0 aromatic heterocycles. The number of hydrogen-bond donors (Lipinski definition) is 0. The van der Waals surface area contributed by atoms with E-state index >= 15 is 0 Å². The number of benzene rings is 2. The summed E-state index contributed by atoms with van der Waals surface area (Å²) in [5.74, 6) is 0.576. The van der Waals surface area contributed by atoms with Gasteiger partial charge in [-0.05, 0) is 52.6 Å². The number of aryl methyl sites for hydroxylation is 2. The zero-order valence-corrected chi connectivity index (χ0v) is 10.2. The summed E-state index contributed by atoms with van der Waals surface area (Å²) in [4.78, 5) is 0. The Labute approximate surface area is 102 Å². The van der Waals surface area contributed by atoms with Gasteiger partial charge in [0.15, 0.2) is 0 Å². The van der Waals surface area contributed by atoms with Crippen molar-refractivity contribution in [1.29, 1.82) is 0 Å². The highest BCUT2D eigenvalue weighted by Crippen LogP contribution is 2.46. The Morgan fingerprint density at radius 1 is 0.882 bits per heavy atom. The Bertz CT molecular complexity index is 607. The summed E-state index contributed by atoms with van der Waals surface area (Å²) < 4.78 is 0. The van der Waals surface area contributed by atoms with E-state index in [0.29, 0.717) is 5.92 Å². The molecule has 0 heteroatoms. The highest BCUT2D eigenvalue weighted by atomic mass is 14.3. The molecule has 0 aliphatic heterocycles. The topological polar surface area (TPSA) is 0 Å². The van der Waals surface area contributed by atoms with Crippen LogP contribution >= 0.6 is 0 Å². The van der Waals surface area contributed by atoms with E-state index in [2.05, 4.69) is 43.3 Å². The molecule has 2 aromatic rings. The first kappa shape index (κ1) is 9.47. The predicted octanol–water partition coefficient (Wildman–Crippen LogP) is 4.31. The second-order valence-electron chi connectivity index (χ2n) is 5.37. The average molecular weight is 220 g/mol. The minimum Gasteiger partial charge on any atom is -0.0619 e. The van der Waals surface area contributed by atoms with Gasteiger partial charge in [0.2, 0.25) is 0 Å². The molecule has 0 radical (unpaired) electrons. The van der Waals surface area contributed by atoms with Gasteiger partial charge in [0, 0.05) is 5.92 Å². The molecule has 0 fully saturated rings. The Hall–Kier alpha value is -1.56. The van der Waals surface area contributed by atoms with Gasteiger partial charge in [-0.25, -0.2) is 0 Å². The summed E-state index contributed by atoms with van der Waals surface area (Å²) in [5.41, 5.74) is 9.20. The predicted molar refractivity (Wildman–Crippen MR) is 71.4 cm³/mol. The van der Waals surface area contributed by atoms with E-state index in [1.807, 2.05) is 0 Å². The maximum atomic E-state index is 2.47. The first-order valence-corrected chi connectivity index (χ1v) is 6.59. The standard InChI is InChI=1S/C17H16/c1-11-14-7-2-3-8-15(14)17-10-13-6-4-5-12(13)9-16(11)17/h2-3,7-11H,4-6H2,1H3. The van der Waals surface area contributed by atoms with Crippen LogP contribution in [0.25, 0.3) is 11.1 Å². The van der Waals surface area contributed by atoms with Crippen molar-refractivity contribution in [3.8, 4) is 11.1 Å². The lowest BCUT2D eigenvalue weighted by Crippen LogP contribution is -1.91. The molecule has 0 nitrogen and oxygen atoms in total. The van der Waals surface area contributed by atoms with E-state index in [9.17, 15) is 0 Å². The van der Waals surface area contributed by atoms with Crippen molar-refractivity contribution in [2.45, 2.75) is 32.1 Å². The molecule has 0 spiro atoms. The number of fused-ring (bicyclic) bond motifs is 4. The van der Waals surface area contributed by atoms with Gasteiger partial charge in [-0.15, -0.1) is 0 Å². The Balaban J connectivity index is 2.02. The molecule has 2 aliphatic rings. The van der Waals surface area contributed by atoms with Crippen LogP contribution in [0.3, 0.4) is 0 Å². The lowest BCUT2D eigenvalue weighted by atomic mass is 9.96. The first-order chi connectivity index (χ1) is 8.34. The molecule has 1 unspecified atom stereocenters. The first-order valence-electron chi connectivity index (χ1n) is 6.59. The summed E-state index contributed by atoms with van der Waals surface area (Å²) in [6.45, 7) is 2.34. The van der Waals surface area contributed by atoms with Gasteiger partial charge in [0.05, 0.1) is 0 Å². The third kappa shape index (κ3) is 1.18. The molecule has 4 rings (SSSR count). The van der Waals surface area contributed by atoms with Gasteiger partial charge in [0.25, 0.3) is 0 Å². The van der Waals surface area contributed by atoms with Gasteiger partial charge >= 0.3 is 0 Å². The minimum absolute atomic E-state index is 0.576. The highest BCUT2D eigenvalue weighted by Gasteiger charge is 2.27. The number of hydrogen-bond acceptors (Lipinski definition) is 0. The van der Waals surface area contributed by atoms with E-state index in [-0.39, 0.29) is 0 Å². The monoisotopic (exact) mass is 220 g/mol. The molecule has 1 atom stereocenters. The molecule has 0 saturated heterocycles. The highest BCUT2D eigenvalue weighted by molar-refractivity contribution is 5.79. The van der Waals surface area contributed by atoms with Crippen molar-refractivity contribution in [2.24, 2.45) is 0 Å². The summed E-state index contributed by atoms with van der Waals surface area (Å²) in [6.07, 6.45) is 3.90. The van der Waals surface area contributed by atoms with Gasteiger partial charge < -0.3 is 0 Å². The van der Waals surface area contributed by atoms with Crippen LogP contribution < -0.4 is 0 Å². The van der Waals surface area contributed by atoms with Gasteiger partial charge in [-0.1, -0.05) is 43.3 Å². The van der Waals surface area contributed by atoms with Crippen LogP contribution in [0.1, 0.15) is 41.5 Å². The summed E-state index contributed by atoms with van der Waals surface area (Å²) in [5, 5.41) is 0. The van der Waals surface area contributed by atoms with E-state index in [0.717, 1.165) is 0 Å². The molecule has 84 valence electrons. The van der Waals surface area contributed by atoms with Crippen LogP contribution in [0.2, 0.25) is 0 Å². The van der Waals surface area contributed by atoms with Crippen LogP contribution in [-0.4, -0.2) is 0 Å². The Kier molecular flexibility index (Phi) is 1.80. The van der Waals surface area contributed by atoms with Crippen molar-refractivity contribution in [3.63, 3.8) is 0 Å². The van der Waals surface area contributed by atoms with Gasteiger partial charge in [0.1, 0.15) is 0 Å². The van der Waals surface area contributed by atoms with Crippen LogP contribution in [0.4, 0.5) is 0 Å². The largest absolute Gasteiger partial charge is 0.0619 e. The van der Waals surface area contributed by atoms with Crippen LogP contribution in [-0.2, 0) is 12.8 Å². The van der Waals surface area contributed by atoms with E-state index in [4.69, 9.17) is 0 Å². The number of rotatable bonds is 0. The molecule has 17 heavy (non-hydrogen) atoms. The molecule has 0 saturated carbocycles. The zero-order chi connectivity index (χ0) is 11.4. The Morgan fingerprint density at radius 3 is 2.53 bits per heavy atom. The van der Waals surface area contributed by atoms with Gasteiger partial charge in [-0.2, -0.15) is 0 Å². The smallest absolute Gasteiger partial charge is 0.00734 e. The van der Waals surface area contributed by atoms with Gasteiger partial charge in [-0.3, -0.25) is 0 Å². The fourth-order valence-electron chi connectivity index (χ4n) is 3.52. The van der Waals surface area contributed by atoms with Crippen molar-refractivity contribution in [3.05, 3.63) is 58.7 Å². The summed E-state index contributed by atoms with van der Waals surface area (Å²) in [7, 11) is 0. The molecule has 0 heterocycles. The normalized spacial score (nSPS) is 19.9. The molecule has 0 bridgehead atoms. The lowest BCUT2D eigenvalue weighted by molar-refractivity contribution is 0.909. The summed E-state index contributed by atoms with van der Waals surface area (Å²) in [6, 6.07) is 13.8. The fraction of sp³-hybridized carbons (Fsp3) is 0.294. The van der Waals surface area contributed by atoms with Crippen molar-refractivity contribution in [2.75, 3.05) is 0 Å². The Morgan fingerprint density at radius 2 is 1.65 bits per heavy atom. The SMILES string of the molecule is CC1c2ccccc2-c2cc3c(cc21)CCC3. The second kappa shape index (κ2) is 3.22.